The van der Waals surface area contributed by atoms with E-state index in [-0.39, 0.29) is 17.5 Å². The number of aromatic nitrogens is 2. The summed E-state index contributed by atoms with van der Waals surface area (Å²) in [6.07, 6.45) is 0.419. The van der Waals surface area contributed by atoms with E-state index < -0.39 is 40.3 Å². The summed E-state index contributed by atoms with van der Waals surface area (Å²) < 4.78 is 29.9. The van der Waals surface area contributed by atoms with Crippen LogP contribution in [0.4, 0.5) is 5.82 Å². The first-order valence-corrected chi connectivity index (χ1v) is 11.9. The van der Waals surface area contributed by atoms with Gasteiger partial charge in [-0.1, -0.05) is 6.07 Å². The van der Waals surface area contributed by atoms with E-state index in [2.05, 4.69) is 15.7 Å². The fourth-order valence-corrected chi connectivity index (χ4v) is 5.35. The molecule has 0 spiro atoms. The molecule has 2 N–H and O–H groups in total. The SMILES string of the molecule is Cc1cc(NC(=O)COC(=O)C(C)NC(=O)c2cccs2)n(C2CCS(=O)(=O)C2)n1. The number of nitrogens with one attached hydrogen (secondary N) is 2. The number of esters is 1. The molecule has 0 aliphatic carbocycles. The van der Waals surface area contributed by atoms with Crippen LogP contribution >= 0.6 is 11.3 Å². The van der Waals surface area contributed by atoms with Gasteiger partial charge in [-0.05, 0) is 31.7 Å². The number of carbonyl (C=O) groups excluding carboxylic acids is 3. The van der Waals surface area contributed by atoms with E-state index in [1.807, 2.05) is 0 Å². The highest BCUT2D eigenvalue weighted by molar-refractivity contribution is 7.91. The molecular weight excluding hydrogens is 432 g/mol. The summed E-state index contributed by atoms with van der Waals surface area (Å²) in [6.45, 7) is 2.64. The molecule has 1 fully saturated rings. The maximum Gasteiger partial charge on any atom is 0.328 e. The van der Waals surface area contributed by atoms with Crippen LogP contribution in [-0.4, -0.2) is 60.1 Å². The zero-order valence-corrected chi connectivity index (χ0v) is 18.1. The van der Waals surface area contributed by atoms with E-state index >= 15 is 0 Å². The Morgan fingerprint density at radius 2 is 2.17 bits per heavy atom. The lowest BCUT2D eigenvalue weighted by atomic mass is 10.3. The molecule has 1 aliphatic rings. The second-order valence-electron chi connectivity index (χ2n) is 7.00. The van der Waals surface area contributed by atoms with Crippen LogP contribution in [0.2, 0.25) is 0 Å². The van der Waals surface area contributed by atoms with Crippen LogP contribution in [0.15, 0.2) is 23.6 Å². The van der Waals surface area contributed by atoms with Gasteiger partial charge in [0.15, 0.2) is 16.4 Å². The number of ether oxygens (including phenoxy) is 1. The molecule has 3 rings (SSSR count). The third-order valence-electron chi connectivity index (χ3n) is 4.47. The minimum absolute atomic E-state index is 0.0343. The largest absolute Gasteiger partial charge is 0.454 e. The Morgan fingerprint density at radius 1 is 1.40 bits per heavy atom. The minimum atomic E-state index is -3.11. The van der Waals surface area contributed by atoms with Gasteiger partial charge in [-0.15, -0.1) is 11.3 Å². The van der Waals surface area contributed by atoms with Crippen LogP contribution < -0.4 is 10.6 Å². The van der Waals surface area contributed by atoms with Crippen molar-refractivity contribution in [1.29, 1.82) is 0 Å². The summed E-state index contributed by atoms with van der Waals surface area (Å²) >= 11 is 1.24. The number of thiophene rings is 1. The van der Waals surface area contributed by atoms with Gasteiger partial charge in [0.25, 0.3) is 11.8 Å². The molecular formula is C18H22N4O6S2. The molecule has 10 nitrogen and oxygen atoms in total. The molecule has 0 saturated carbocycles. The quantitative estimate of drug-likeness (QED) is 0.594. The Hall–Kier alpha value is -2.73. The predicted molar refractivity (Wildman–Crippen MR) is 110 cm³/mol. The molecule has 0 bridgehead atoms. The van der Waals surface area contributed by atoms with E-state index in [1.54, 1.807) is 30.5 Å². The Labute approximate surface area is 177 Å². The summed E-state index contributed by atoms with van der Waals surface area (Å²) in [5.74, 6) is -1.35. The molecule has 162 valence electrons. The number of rotatable bonds is 7. The van der Waals surface area contributed by atoms with Crippen molar-refractivity contribution in [3.8, 4) is 0 Å². The van der Waals surface area contributed by atoms with Crippen molar-refractivity contribution in [2.24, 2.45) is 0 Å². The number of carbonyl (C=O) groups is 3. The molecule has 1 aliphatic heterocycles. The predicted octanol–water partition coefficient (Wildman–Crippen LogP) is 0.913. The Morgan fingerprint density at radius 3 is 2.80 bits per heavy atom. The standard InChI is InChI=1S/C18H22N4O6S2/c1-11-8-15(22(21-11)13-5-7-30(26,27)10-13)20-16(23)9-28-18(25)12(2)19-17(24)14-4-3-6-29-14/h3-4,6,8,12-13H,5,7,9-10H2,1-2H3,(H,19,24)(H,20,23). The maximum atomic E-state index is 12.2. The second kappa shape index (κ2) is 8.96. The molecule has 0 radical (unpaired) electrons. The van der Waals surface area contributed by atoms with E-state index in [0.29, 0.717) is 22.8 Å². The van der Waals surface area contributed by atoms with Crippen molar-refractivity contribution in [3.63, 3.8) is 0 Å². The van der Waals surface area contributed by atoms with Gasteiger partial charge in [-0.3, -0.25) is 9.59 Å². The summed E-state index contributed by atoms with van der Waals surface area (Å²) in [4.78, 5) is 36.7. The molecule has 2 atom stereocenters. The highest BCUT2D eigenvalue weighted by atomic mass is 32.2. The van der Waals surface area contributed by atoms with Gasteiger partial charge in [0.2, 0.25) is 0 Å². The number of nitrogens with zero attached hydrogens (tertiary/aromatic N) is 2. The summed E-state index contributed by atoms with van der Waals surface area (Å²) in [5.41, 5.74) is 0.622. The highest BCUT2D eigenvalue weighted by Gasteiger charge is 2.31. The summed E-state index contributed by atoms with van der Waals surface area (Å²) in [7, 11) is -3.11. The van der Waals surface area contributed by atoms with Gasteiger partial charge < -0.3 is 15.4 Å². The Bertz CT molecular complexity index is 1040. The minimum Gasteiger partial charge on any atom is -0.454 e. The molecule has 12 heteroatoms. The molecule has 30 heavy (non-hydrogen) atoms. The van der Waals surface area contributed by atoms with Crippen molar-refractivity contribution in [1.82, 2.24) is 15.1 Å². The third kappa shape index (κ3) is 5.45. The van der Waals surface area contributed by atoms with Crippen molar-refractivity contribution in [2.45, 2.75) is 32.4 Å². The van der Waals surface area contributed by atoms with Gasteiger partial charge in [-0.2, -0.15) is 5.10 Å². The first-order chi connectivity index (χ1) is 14.1. The number of aryl methyl sites for hydroxylation is 1. The fraction of sp³-hybridized carbons (Fsp3) is 0.444. The number of amides is 2. The molecule has 2 amide bonds. The van der Waals surface area contributed by atoms with Crippen LogP contribution in [0.1, 0.15) is 34.8 Å². The number of sulfone groups is 1. The maximum absolute atomic E-state index is 12.2. The fourth-order valence-electron chi connectivity index (χ4n) is 3.03. The topological polar surface area (TPSA) is 136 Å². The van der Waals surface area contributed by atoms with E-state index in [1.165, 1.54) is 22.9 Å². The third-order valence-corrected chi connectivity index (χ3v) is 7.09. The monoisotopic (exact) mass is 454 g/mol. The average Bonchev–Trinajstić information content (AvgIpc) is 3.40. The van der Waals surface area contributed by atoms with Crippen molar-refractivity contribution in [2.75, 3.05) is 23.4 Å². The highest BCUT2D eigenvalue weighted by Crippen LogP contribution is 2.27. The first-order valence-electron chi connectivity index (χ1n) is 9.22. The summed E-state index contributed by atoms with van der Waals surface area (Å²) in [5, 5.41) is 11.1. The summed E-state index contributed by atoms with van der Waals surface area (Å²) in [6, 6.07) is 3.69. The van der Waals surface area contributed by atoms with Gasteiger partial charge in [0, 0.05) is 6.07 Å². The Balaban J connectivity index is 1.52. The lowest BCUT2D eigenvalue weighted by Gasteiger charge is -2.15. The van der Waals surface area contributed by atoms with Crippen molar-refractivity contribution in [3.05, 3.63) is 34.2 Å². The molecule has 1 saturated heterocycles. The molecule has 3 heterocycles. The molecule has 0 aromatic carbocycles. The molecule has 2 unspecified atom stereocenters. The molecule has 2 aromatic rings. The number of hydrogen-bond acceptors (Lipinski definition) is 8. The number of hydrogen-bond donors (Lipinski definition) is 2. The van der Waals surface area contributed by atoms with E-state index in [9.17, 15) is 22.8 Å². The van der Waals surface area contributed by atoms with Gasteiger partial charge in [0.05, 0.1) is 28.1 Å². The lowest BCUT2D eigenvalue weighted by molar-refractivity contribution is -0.148. The van der Waals surface area contributed by atoms with Crippen LogP contribution in [0, 0.1) is 6.92 Å². The molecule has 2 aromatic heterocycles. The van der Waals surface area contributed by atoms with Crippen molar-refractivity contribution < 1.29 is 27.5 Å². The van der Waals surface area contributed by atoms with Crippen LogP contribution in [0.25, 0.3) is 0 Å². The van der Waals surface area contributed by atoms with Crippen LogP contribution in [0.3, 0.4) is 0 Å². The van der Waals surface area contributed by atoms with E-state index in [0.717, 1.165) is 0 Å². The normalized spacial score (nSPS) is 18.5. The van der Waals surface area contributed by atoms with Gasteiger partial charge in [0.1, 0.15) is 11.9 Å². The Kier molecular flexibility index (Phi) is 6.56. The van der Waals surface area contributed by atoms with Gasteiger partial charge >= 0.3 is 5.97 Å². The zero-order chi connectivity index (χ0) is 21.9. The number of anilines is 1. The van der Waals surface area contributed by atoms with E-state index in [4.69, 9.17) is 4.74 Å². The van der Waals surface area contributed by atoms with Crippen molar-refractivity contribution >= 4 is 44.8 Å². The first kappa shape index (κ1) is 22.0. The lowest BCUT2D eigenvalue weighted by Crippen LogP contribution is -2.40. The smallest absolute Gasteiger partial charge is 0.328 e. The van der Waals surface area contributed by atoms with Crippen LogP contribution in [-0.2, 0) is 24.2 Å². The van der Waals surface area contributed by atoms with Gasteiger partial charge in [-0.25, -0.2) is 17.9 Å². The van der Waals surface area contributed by atoms with Crippen LogP contribution in [0.5, 0.6) is 0 Å². The second-order valence-corrected chi connectivity index (χ2v) is 10.2. The average molecular weight is 455 g/mol. The zero-order valence-electron chi connectivity index (χ0n) is 16.5.